The maximum Gasteiger partial charge on any atom is 0.330 e. The Morgan fingerprint density at radius 2 is 1.97 bits per heavy atom. The molecular formula is C23H26N4O4S. The van der Waals surface area contributed by atoms with E-state index in [0.29, 0.717) is 4.88 Å². The van der Waals surface area contributed by atoms with E-state index in [-0.39, 0.29) is 37.1 Å². The number of aromatic amines is 1. The average Bonchev–Trinajstić information content (AvgIpc) is 3.23. The predicted octanol–water partition coefficient (Wildman–Crippen LogP) is 2.40. The van der Waals surface area contributed by atoms with E-state index in [1.807, 2.05) is 36.4 Å². The Bertz CT molecular complexity index is 1210. The summed E-state index contributed by atoms with van der Waals surface area (Å²) >= 11 is 1.47. The summed E-state index contributed by atoms with van der Waals surface area (Å²) in [5.41, 5.74) is 7.03. The highest BCUT2D eigenvalue weighted by Crippen LogP contribution is 2.31. The number of benzene rings is 1. The molecule has 0 unspecified atom stereocenters. The fourth-order valence-electron chi connectivity index (χ4n) is 3.99. The maximum absolute atomic E-state index is 13.5. The number of H-pyrrole nitrogens is 1. The van der Waals surface area contributed by atoms with E-state index < -0.39 is 11.2 Å². The van der Waals surface area contributed by atoms with E-state index in [1.165, 1.54) is 38.4 Å². The van der Waals surface area contributed by atoms with Gasteiger partial charge in [0.15, 0.2) is 5.69 Å². The first kappa shape index (κ1) is 22.0. The van der Waals surface area contributed by atoms with Crippen LogP contribution in [0.3, 0.4) is 0 Å². The largest absolute Gasteiger partial charge is 0.383 e. The van der Waals surface area contributed by atoms with Crippen molar-refractivity contribution in [1.29, 1.82) is 0 Å². The molecule has 168 valence electrons. The molecule has 3 N–H and O–H groups in total. The molecular weight excluding hydrogens is 428 g/mol. The van der Waals surface area contributed by atoms with Gasteiger partial charge in [-0.25, -0.2) is 4.79 Å². The molecule has 9 heteroatoms. The molecule has 3 aromatic rings. The number of amides is 1. The molecule has 4 rings (SSSR count). The Morgan fingerprint density at radius 1 is 1.22 bits per heavy atom. The third-order valence-corrected chi connectivity index (χ3v) is 6.86. The smallest absolute Gasteiger partial charge is 0.330 e. The van der Waals surface area contributed by atoms with E-state index in [9.17, 15) is 14.4 Å². The number of aromatic nitrogens is 2. The fraction of sp³-hybridized carbons (Fsp3) is 0.348. The minimum atomic E-state index is -0.692. The number of carbonyl (C=O) groups is 1. The molecule has 1 aliphatic carbocycles. The molecule has 8 nitrogen and oxygen atoms in total. The molecule has 0 bridgehead atoms. The van der Waals surface area contributed by atoms with Crippen LogP contribution >= 0.6 is 11.3 Å². The Labute approximate surface area is 189 Å². The summed E-state index contributed by atoms with van der Waals surface area (Å²) in [4.78, 5) is 44.3. The number of hydrogen-bond acceptors (Lipinski definition) is 6. The highest BCUT2D eigenvalue weighted by atomic mass is 32.1. The van der Waals surface area contributed by atoms with E-state index in [2.05, 4.69) is 4.98 Å². The lowest BCUT2D eigenvalue weighted by molar-refractivity contribution is 0.0979. The number of hydrogen-bond donors (Lipinski definition) is 2. The van der Waals surface area contributed by atoms with Crippen molar-refractivity contribution in [3.63, 3.8) is 0 Å². The van der Waals surface area contributed by atoms with Crippen molar-refractivity contribution in [1.82, 2.24) is 9.55 Å². The van der Waals surface area contributed by atoms with Crippen LogP contribution in [0.1, 0.15) is 38.5 Å². The van der Waals surface area contributed by atoms with Crippen LogP contribution < -0.4 is 21.9 Å². The van der Waals surface area contributed by atoms with Gasteiger partial charge in [0.2, 0.25) is 0 Å². The maximum atomic E-state index is 13.5. The number of nitrogens with two attached hydrogens (primary N) is 1. The molecule has 1 amide bonds. The lowest BCUT2D eigenvalue weighted by atomic mass is 9.99. The van der Waals surface area contributed by atoms with Gasteiger partial charge in [0.25, 0.3) is 11.5 Å². The van der Waals surface area contributed by atoms with Gasteiger partial charge in [-0.05, 0) is 42.9 Å². The van der Waals surface area contributed by atoms with Crippen LogP contribution in [0.2, 0.25) is 0 Å². The molecule has 0 fully saturated rings. The Hall–Kier alpha value is -3.17. The minimum Gasteiger partial charge on any atom is -0.383 e. The molecule has 0 aliphatic heterocycles. The summed E-state index contributed by atoms with van der Waals surface area (Å²) in [6, 6.07) is 11.2. The third-order valence-electron chi connectivity index (χ3n) is 5.64. The second-order valence-electron chi connectivity index (χ2n) is 7.78. The molecule has 0 radical (unpaired) electrons. The van der Waals surface area contributed by atoms with Crippen LogP contribution in [0.25, 0.3) is 0 Å². The summed E-state index contributed by atoms with van der Waals surface area (Å²) in [5.74, 6) is -0.364. The number of ether oxygens (including phenoxy) is 1. The Morgan fingerprint density at radius 3 is 2.69 bits per heavy atom. The molecule has 32 heavy (non-hydrogen) atoms. The summed E-state index contributed by atoms with van der Waals surface area (Å²) < 4.78 is 6.45. The van der Waals surface area contributed by atoms with E-state index in [4.69, 9.17) is 10.5 Å². The second kappa shape index (κ2) is 9.54. The lowest BCUT2D eigenvalue weighted by Gasteiger charge is -2.24. The first-order chi connectivity index (χ1) is 15.5. The van der Waals surface area contributed by atoms with E-state index >= 15 is 0 Å². The highest BCUT2D eigenvalue weighted by molar-refractivity contribution is 7.14. The second-order valence-corrected chi connectivity index (χ2v) is 8.92. The van der Waals surface area contributed by atoms with Crippen LogP contribution in [0.4, 0.5) is 11.5 Å². The summed E-state index contributed by atoms with van der Waals surface area (Å²) in [7, 11) is 1.52. The number of rotatable bonds is 7. The third kappa shape index (κ3) is 4.39. The zero-order chi connectivity index (χ0) is 22.7. The van der Waals surface area contributed by atoms with Crippen molar-refractivity contribution in [3.05, 3.63) is 78.1 Å². The standard InChI is InChI=1S/C23H26N4O4S/c1-31-12-11-26(22(29)18-13-16-9-5-6-10-17(16)32-18)19-20(24)27(23(30)25-21(19)28)14-15-7-3-2-4-8-15/h2-4,7-8,13H,5-6,9-12,14,24H2,1H3,(H,25,28,30). The number of methoxy groups -OCH3 is 1. The molecule has 0 spiro atoms. The van der Waals surface area contributed by atoms with Gasteiger partial charge in [0, 0.05) is 18.5 Å². The fourth-order valence-corrected chi connectivity index (χ4v) is 5.19. The monoisotopic (exact) mass is 454 g/mol. The Balaban J connectivity index is 1.76. The molecule has 0 atom stereocenters. The van der Waals surface area contributed by atoms with Crippen molar-refractivity contribution >= 4 is 28.7 Å². The van der Waals surface area contributed by atoms with Crippen molar-refractivity contribution in [3.8, 4) is 0 Å². The van der Waals surface area contributed by atoms with Crippen molar-refractivity contribution in [2.45, 2.75) is 32.2 Å². The van der Waals surface area contributed by atoms with Crippen molar-refractivity contribution in [2.75, 3.05) is 30.9 Å². The number of nitrogens with one attached hydrogen (secondary N) is 1. The minimum absolute atomic E-state index is 0.0334. The highest BCUT2D eigenvalue weighted by Gasteiger charge is 2.27. The number of anilines is 2. The van der Waals surface area contributed by atoms with Gasteiger partial charge in [0.05, 0.1) is 18.0 Å². The van der Waals surface area contributed by atoms with E-state index in [0.717, 1.165) is 31.2 Å². The lowest BCUT2D eigenvalue weighted by Crippen LogP contribution is -2.42. The number of thiophene rings is 1. The van der Waals surface area contributed by atoms with Crippen LogP contribution in [-0.2, 0) is 24.1 Å². The zero-order valence-electron chi connectivity index (χ0n) is 17.9. The van der Waals surface area contributed by atoms with Gasteiger partial charge < -0.3 is 10.5 Å². The summed E-state index contributed by atoms with van der Waals surface area (Å²) in [6.07, 6.45) is 4.16. The van der Waals surface area contributed by atoms with Gasteiger partial charge in [-0.15, -0.1) is 11.3 Å². The van der Waals surface area contributed by atoms with Gasteiger partial charge in [0.1, 0.15) is 5.82 Å². The first-order valence-electron chi connectivity index (χ1n) is 10.6. The van der Waals surface area contributed by atoms with Crippen LogP contribution in [0, 0.1) is 0 Å². The van der Waals surface area contributed by atoms with Gasteiger partial charge in [-0.2, -0.15) is 0 Å². The normalized spacial score (nSPS) is 13.0. The van der Waals surface area contributed by atoms with Crippen molar-refractivity contribution < 1.29 is 9.53 Å². The number of aryl methyl sites for hydroxylation is 2. The number of nitrogen functional groups attached to an aromatic ring is 1. The first-order valence-corrected chi connectivity index (χ1v) is 11.4. The SMILES string of the molecule is COCCN(C(=O)c1cc2c(s1)CCCC2)c1c(N)n(Cc2ccccc2)c(=O)[nH]c1=O. The zero-order valence-corrected chi connectivity index (χ0v) is 18.7. The van der Waals surface area contributed by atoms with Crippen LogP contribution in [0.15, 0.2) is 46.0 Å². The Kier molecular flexibility index (Phi) is 6.57. The van der Waals surface area contributed by atoms with Gasteiger partial charge in [-0.1, -0.05) is 30.3 Å². The quantitative estimate of drug-likeness (QED) is 0.570. The van der Waals surface area contributed by atoms with Gasteiger partial charge in [-0.3, -0.25) is 24.0 Å². The molecule has 1 aromatic carbocycles. The molecule has 1 aliphatic rings. The number of fused-ring (bicyclic) bond motifs is 1. The van der Waals surface area contributed by atoms with Crippen molar-refractivity contribution in [2.24, 2.45) is 0 Å². The number of carbonyl (C=O) groups excluding carboxylic acids is 1. The molecule has 0 saturated carbocycles. The van der Waals surface area contributed by atoms with Gasteiger partial charge >= 0.3 is 5.69 Å². The molecule has 2 heterocycles. The van der Waals surface area contributed by atoms with Crippen LogP contribution in [0.5, 0.6) is 0 Å². The topological polar surface area (TPSA) is 110 Å². The van der Waals surface area contributed by atoms with Crippen LogP contribution in [-0.4, -0.2) is 35.7 Å². The number of nitrogens with zero attached hydrogens (tertiary/aromatic N) is 2. The molecule has 2 aromatic heterocycles. The summed E-state index contributed by atoms with van der Waals surface area (Å²) in [5, 5.41) is 0. The average molecular weight is 455 g/mol. The van der Waals surface area contributed by atoms with E-state index in [1.54, 1.807) is 0 Å². The predicted molar refractivity (Wildman–Crippen MR) is 126 cm³/mol. The molecule has 0 saturated heterocycles. The summed E-state index contributed by atoms with van der Waals surface area (Å²) in [6.45, 7) is 0.525.